The molecule has 1 fully saturated rings. The second kappa shape index (κ2) is 9.16. The molecule has 2 heterocycles. The Balaban J connectivity index is 1.95. The Kier molecular flexibility index (Phi) is 6.13. The number of hydrogen-bond acceptors (Lipinski definition) is 6. The largest absolute Gasteiger partial charge is 0.507 e. The standard InChI is InChI=1S/C26H24N2O5/c1-16-11-12-21(33-3)19(14-16)24(29)22-23(18-9-4-5-10-20(18)32-2)28(26(31)25(22)30)15-17-8-6-7-13-27-17/h4-14,23,29H,15H2,1-3H3/b24-22+. The molecule has 4 rings (SSSR count). The van der Waals surface area contributed by atoms with Crippen LogP contribution in [0, 0.1) is 6.92 Å². The second-order valence-electron chi connectivity index (χ2n) is 7.69. The maximum Gasteiger partial charge on any atom is 0.296 e. The van der Waals surface area contributed by atoms with Crippen LogP contribution in [0.4, 0.5) is 0 Å². The topological polar surface area (TPSA) is 89.0 Å². The minimum atomic E-state index is -0.867. The van der Waals surface area contributed by atoms with E-state index in [4.69, 9.17) is 9.47 Å². The van der Waals surface area contributed by atoms with E-state index in [-0.39, 0.29) is 17.9 Å². The van der Waals surface area contributed by atoms with Crippen molar-refractivity contribution in [2.45, 2.75) is 19.5 Å². The first-order chi connectivity index (χ1) is 16.0. The summed E-state index contributed by atoms with van der Waals surface area (Å²) < 4.78 is 10.9. The number of pyridine rings is 1. The third-order valence-electron chi connectivity index (χ3n) is 5.64. The van der Waals surface area contributed by atoms with E-state index >= 15 is 0 Å². The van der Waals surface area contributed by atoms with E-state index in [1.54, 1.807) is 54.7 Å². The molecule has 2 aromatic carbocycles. The van der Waals surface area contributed by atoms with Gasteiger partial charge in [-0.05, 0) is 37.3 Å². The number of aryl methyl sites for hydroxylation is 1. The Morgan fingerprint density at radius 3 is 2.42 bits per heavy atom. The van der Waals surface area contributed by atoms with Crippen LogP contribution in [0.5, 0.6) is 11.5 Å². The van der Waals surface area contributed by atoms with Crippen LogP contribution in [0.1, 0.15) is 28.4 Å². The van der Waals surface area contributed by atoms with Gasteiger partial charge in [0, 0.05) is 11.8 Å². The van der Waals surface area contributed by atoms with Crippen LogP contribution in [0.15, 0.2) is 72.4 Å². The van der Waals surface area contributed by atoms with Gasteiger partial charge < -0.3 is 19.5 Å². The summed E-state index contributed by atoms with van der Waals surface area (Å²) in [5.41, 5.74) is 2.39. The molecule has 7 nitrogen and oxygen atoms in total. The van der Waals surface area contributed by atoms with Gasteiger partial charge in [0.2, 0.25) is 0 Å². The Bertz CT molecular complexity index is 1240. The summed E-state index contributed by atoms with van der Waals surface area (Å²) in [5, 5.41) is 11.4. The van der Waals surface area contributed by atoms with E-state index < -0.39 is 17.7 Å². The smallest absolute Gasteiger partial charge is 0.296 e. The summed E-state index contributed by atoms with van der Waals surface area (Å²) >= 11 is 0. The Morgan fingerprint density at radius 1 is 1.00 bits per heavy atom. The van der Waals surface area contributed by atoms with E-state index in [0.717, 1.165) is 5.56 Å². The minimum Gasteiger partial charge on any atom is -0.507 e. The van der Waals surface area contributed by atoms with Gasteiger partial charge in [-0.15, -0.1) is 0 Å². The van der Waals surface area contributed by atoms with Crippen LogP contribution < -0.4 is 9.47 Å². The summed E-state index contributed by atoms with van der Waals surface area (Å²) in [5.74, 6) is -0.897. The lowest BCUT2D eigenvalue weighted by Crippen LogP contribution is -2.29. The predicted molar refractivity (Wildman–Crippen MR) is 123 cm³/mol. The van der Waals surface area contributed by atoms with Crippen molar-refractivity contribution in [1.82, 2.24) is 9.88 Å². The highest BCUT2D eigenvalue weighted by molar-refractivity contribution is 6.46. The number of para-hydroxylation sites is 1. The molecule has 1 unspecified atom stereocenters. The molecule has 0 bridgehead atoms. The Hall–Kier alpha value is -4.13. The zero-order valence-electron chi connectivity index (χ0n) is 18.6. The van der Waals surface area contributed by atoms with Crippen molar-refractivity contribution < 1.29 is 24.2 Å². The number of Topliss-reactive ketones (excluding diaryl/α,β-unsaturated/α-hetero) is 1. The van der Waals surface area contributed by atoms with Gasteiger partial charge in [0.15, 0.2) is 0 Å². The zero-order valence-corrected chi connectivity index (χ0v) is 18.6. The maximum absolute atomic E-state index is 13.3. The molecular formula is C26H24N2O5. The molecule has 1 N–H and O–H groups in total. The number of ketones is 1. The van der Waals surface area contributed by atoms with Crippen LogP contribution in [0.2, 0.25) is 0 Å². The molecule has 0 saturated carbocycles. The normalized spacial score (nSPS) is 17.3. The third-order valence-corrected chi connectivity index (χ3v) is 5.64. The van der Waals surface area contributed by atoms with Crippen LogP contribution in [0.3, 0.4) is 0 Å². The average molecular weight is 444 g/mol. The molecule has 7 heteroatoms. The van der Waals surface area contributed by atoms with E-state index in [1.165, 1.54) is 19.1 Å². The molecule has 1 atom stereocenters. The molecule has 33 heavy (non-hydrogen) atoms. The monoisotopic (exact) mass is 444 g/mol. The molecule has 0 aliphatic carbocycles. The number of likely N-dealkylation sites (tertiary alicyclic amines) is 1. The maximum atomic E-state index is 13.3. The lowest BCUT2D eigenvalue weighted by Gasteiger charge is -2.26. The highest BCUT2D eigenvalue weighted by atomic mass is 16.5. The van der Waals surface area contributed by atoms with Crippen LogP contribution in [-0.2, 0) is 16.1 Å². The number of rotatable bonds is 6. The van der Waals surface area contributed by atoms with Gasteiger partial charge in [-0.25, -0.2) is 0 Å². The number of amides is 1. The second-order valence-corrected chi connectivity index (χ2v) is 7.69. The summed E-state index contributed by atoms with van der Waals surface area (Å²) in [6.07, 6.45) is 1.63. The number of carbonyl (C=O) groups excluding carboxylic acids is 2. The van der Waals surface area contributed by atoms with Crippen molar-refractivity contribution in [1.29, 1.82) is 0 Å². The number of hydrogen-bond donors (Lipinski definition) is 1. The SMILES string of the molecule is COc1ccc(C)cc1/C(O)=C1\C(=O)C(=O)N(Cc2ccccn2)C1c1ccccc1OC. The predicted octanol–water partition coefficient (Wildman–Crippen LogP) is 4.03. The van der Waals surface area contributed by atoms with Gasteiger partial charge in [0.1, 0.15) is 17.3 Å². The highest BCUT2D eigenvalue weighted by Crippen LogP contribution is 2.44. The summed E-state index contributed by atoms with van der Waals surface area (Å²) in [4.78, 5) is 32.2. The van der Waals surface area contributed by atoms with E-state index in [9.17, 15) is 14.7 Å². The van der Waals surface area contributed by atoms with Crippen molar-refractivity contribution >= 4 is 17.4 Å². The average Bonchev–Trinajstić information content (AvgIpc) is 3.09. The molecule has 1 saturated heterocycles. The number of aliphatic hydroxyl groups is 1. The van der Waals surface area contributed by atoms with Gasteiger partial charge >= 0.3 is 0 Å². The molecule has 168 valence electrons. The molecule has 3 aromatic rings. The number of nitrogens with zero attached hydrogens (tertiary/aromatic N) is 2. The number of aromatic nitrogens is 1. The molecular weight excluding hydrogens is 420 g/mol. The fourth-order valence-corrected chi connectivity index (χ4v) is 4.08. The van der Waals surface area contributed by atoms with Gasteiger partial charge in [-0.1, -0.05) is 35.9 Å². The summed E-state index contributed by atoms with van der Waals surface area (Å²) in [6.45, 7) is 1.96. The molecule has 1 amide bonds. The Morgan fingerprint density at radius 2 is 1.73 bits per heavy atom. The van der Waals surface area contributed by atoms with Crippen molar-refractivity contribution in [3.8, 4) is 11.5 Å². The molecule has 1 aromatic heterocycles. The zero-order chi connectivity index (χ0) is 23.5. The number of benzene rings is 2. The highest BCUT2D eigenvalue weighted by Gasteiger charge is 2.47. The van der Waals surface area contributed by atoms with Crippen molar-refractivity contribution in [3.63, 3.8) is 0 Å². The van der Waals surface area contributed by atoms with E-state index in [0.29, 0.717) is 28.3 Å². The van der Waals surface area contributed by atoms with Crippen LogP contribution in [-0.4, -0.2) is 40.9 Å². The van der Waals surface area contributed by atoms with Gasteiger partial charge in [-0.3, -0.25) is 14.6 Å². The van der Waals surface area contributed by atoms with Crippen LogP contribution in [0.25, 0.3) is 5.76 Å². The fourth-order valence-electron chi connectivity index (χ4n) is 4.08. The van der Waals surface area contributed by atoms with Gasteiger partial charge in [0.25, 0.3) is 11.7 Å². The van der Waals surface area contributed by atoms with Crippen LogP contribution >= 0.6 is 0 Å². The number of carbonyl (C=O) groups is 2. The van der Waals surface area contributed by atoms with E-state index in [2.05, 4.69) is 4.98 Å². The first-order valence-electron chi connectivity index (χ1n) is 10.4. The quantitative estimate of drug-likeness (QED) is 0.351. The lowest BCUT2D eigenvalue weighted by molar-refractivity contribution is -0.140. The first kappa shape index (κ1) is 22.1. The van der Waals surface area contributed by atoms with Gasteiger partial charge in [0.05, 0.1) is 43.6 Å². The number of methoxy groups -OCH3 is 2. The Labute approximate surface area is 191 Å². The van der Waals surface area contributed by atoms with Gasteiger partial charge in [-0.2, -0.15) is 0 Å². The number of aliphatic hydroxyl groups excluding tert-OH is 1. The number of ether oxygens (including phenoxy) is 2. The summed E-state index contributed by atoms with van der Waals surface area (Å²) in [7, 11) is 3.01. The van der Waals surface area contributed by atoms with Crippen molar-refractivity contribution in [3.05, 3.63) is 94.8 Å². The summed E-state index contributed by atoms with van der Waals surface area (Å²) in [6, 6.07) is 16.9. The third kappa shape index (κ3) is 4.05. The van der Waals surface area contributed by atoms with E-state index in [1.807, 2.05) is 19.1 Å². The molecule has 1 aliphatic rings. The van der Waals surface area contributed by atoms with Crippen molar-refractivity contribution in [2.75, 3.05) is 14.2 Å². The molecule has 0 radical (unpaired) electrons. The molecule has 1 aliphatic heterocycles. The first-order valence-corrected chi connectivity index (χ1v) is 10.4. The fraction of sp³-hybridized carbons (Fsp3) is 0.192. The minimum absolute atomic E-state index is 0.0238. The molecule has 0 spiro atoms. The lowest BCUT2D eigenvalue weighted by atomic mass is 9.94. The van der Waals surface area contributed by atoms with Crippen molar-refractivity contribution in [2.24, 2.45) is 0 Å².